The molecule has 0 bridgehead atoms. The molecule has 0 amide bonds. The lowest BCUT2D eigenvalue weighted by atomic mass is 10.0. The lowest BCUT2D eigenvalue weighted by Crippen LogP contribution is -2.29. The van der Waals surface area contributed by atoms with E-state index < -0.39 is 5.60 Å². The molecule has 3 rings (SSSR count). The molecule has 1 unspecified atom stereocenters. The highest BCUT2D eigenvalue weighted by Gasteiger charge is 2.42. The molecule has 1 aliphatic rings. The summed E-state index contributed by atoms with van der Waals surface area (Å²) in [6.45, 7) is 1.03. The zero-order valence-corrected chi connectivity index (χ0v) is 11.8. The molecule has 0 radical (unpaired) electrons. The highest BCUT2D eigenvalue weighted by molar-refractivity contribution is 5.17. The number of hydrogen-bond acceptors (Lipinski definition) is 5. The third kappa shape index (κ3) is 2.82. The molecular formula is C15H17FN2O3. The zero-order valence-electron chi connectivity index (χ0n) is 11.8. The van der Waals surface area contributed by atoms with Crippen molar-refractivity contribution in [3.63, 3.8) is 0 Å². The fraction of sp³-hybridized carbons (Fsp3) is 0.467. The van der Waals surface area contributed by atoms with Crippen LogP contribution in [-0.4, -0.2) is 30.5 Å². The summed E-state index contributed by atoms with van der Waals surface area (Å²) in [6, 6.07) is 6.69. The monoisotopic (exact) mass is 292 g/mol. The third-order valence-electron chi connectivity index (χ3n) is 3.80. The van der Waals surface area contributed by atoms with Crippen LogP contribution in [0, 0.1) is 5.82 Å². The van der Waals surface area contributed by atoms with Gasteiger partial charge < -0.3 is 13.9 Å². The first-order valence-electron chi connectivity index (χ1n) is 6.93. The van der Waals surface area contributed by atoms with Gasteiger partial charge in [-0.3, -0.25) is 0 Å². The lowest BCUT2D eigenvalue weighted by Gasteiger charge is -2.20. The number of methoxy groups -OCH3 is 1. The van der Waals surface area contributed by atoms with Gasteiger partial charge in [-0.2, -0.15) is 0 Å². The van der Waals surface area contributed by atoms with Crippen LogP contribution < -0.4 is 0 Å². The van der Waals surface area contributed by atoms with E-state index >= 15 is 0 Å². The van der Waals surface area contributed by atoms with Crippen molar-refractivity contribution in [2.24, 2.45) is 0 Å². The first kappa shape index (κ1) is 14.2. The average Bonchev–Trinajstić information content (AvgIpc) is 3.16. The Hall–Kier alpha value is -1.79. The molecule has 1 atom stereocenters. The molecule has 1 fully saturated rings. The second-order valence-electron chi connectivity index (χ2n) is 5.09. The van der Waals surface area contributed by atoms with E-state index in [9.17, 15) is 4.39 Å². The van der Waals surface area contributed by atoms with E-state index in [0.29, 0.717) is 49.8 Å². The molecule has 5 nitrogen and oxygen atoms in total. The van der Waals surface area contributed by atoms with Gasteiger partial charge in [-0.15, -0.1) is 10.2 Å². The minimum Gasteiger partial charge on any atom is -0.422 e. The molecular weight excluding hydrogens is 275 g/mol. The van der Waals surface area contributed by atoms with E-state index in [1.807, 2.05) is 6.07 Å². The molecule has 0 N–H and O–H groups in total. The molecule has 1 aromatic carbocycles. The van der Waals surface area contributed by atoms with Crippen LogP contribution in [-0.2, 0) is 27.9 Å². The number of aryl methyl sites for hydroxylation is 2. The summed E-state index contributed by atoms with van der Waals surface area (Å²) in [5.41, 5.74) is 0.00591. The van der Waals surface area contributed by atoms with Crippen LogP contribution in [0.2, 0.25) is 0 Å². The van der Waals surface area contributed by atoms with E-state index in [0.717, 1.165) is 0 Å². The fourth-order valence-electron chi connectivity index (χ4n) is 2.44. The summed E-state index contributed by atoms with van der Waals surface area (Å²) in [4.78, 5) is 0. The second-order valence-corrected chi connectivity index (χ2v) is 5.09. The van der Waals surface area contributed by atoms with E-state index in [4.69, 9.17) is 13.9 Å². The quantitative estimate of drug-likeness (QED) is 0.846. The Morgan fingerprint density at radius 3 is 2.86 bits per heavy atom. The topological polar surface area (TPSA) is 57.4 Å². The van der Waals surface area contributed by atoms with Crippen LogP contribution in [0.25, 0.3) is 0 Å². The smallest absolute Gasteiger partial charge is 0.250 e. The van der Waals surface area contributed by atoms with E-state index in [1.165, 1.54) is 6.07 Å². The van der Waals surface area contributed by atoms with Crippen molar-refractivity contribution in [2.45, 2.75) is 24.9 Å². The van der Waals surface area contributed by atoms with Crippen LogP contribution in [0.1, 0.15) is 23.8 Å². The largest absolute Gasteiger partial charge is 0.422 e. The predicted octanol–water partition coefficient (Wildman–Crippen LogP) is 2.26. The summed E-state index contributed by atoms with van der Waals surface area (Å²) in [7, 11) is 1.61. The van der Waals surface area contributed by atoms with Crippen molar-refractivity contribution in [3.8, 4) is 0 Å². The van der Waals surface area contributed by atoms with Gasteiger partial charge in [-0.05, 0) is 18.1 Å². The molecule has 2 aromatic rings. The number of hydrogen-bond donors (Lipinski definition) is 0. The number of halogens is 1. The van der Waals surface area contributed by atoms with Crippen LogP contribution in [0.4, 0.5) is 4.39 Å². The van der Waals surface area contributed by atoms with E-state index in [1.54, 1.807) is 19.2 Å². The number of rotatable bonds is 5. The van der Waals surface area contributed by atoms with E-state index in [2.05, 4.69) is 10.2 Å². The number of benzene rings is 1. The Kier molecular flexibility index (Phi) is 3.98. The van der Waals surface area contributed by atoms with Crippen LogP contribution in [0.15, 0.2) is 28.7 Å². The van der Waals surface area contributed by atoms with Gasteiger partial charge in [0.25, 0.3) is 5.89 Å². The van der Waals surface area contributed by atoms with Gasteiger partial charge in [-0.25, -0.2) is 4.39 Å². The maximum Gasteiger partial charge on any atom is 0.250 e. The molecule has 112 valence electrons. The molecule has 1 aliphatic heterocycles. The minimum absolute atomic E-state index is 0.213. The molecule has 0 aliphatic carbocycles. The van der Waals surface area contributed by atoms with E-state index in [-0.39, 0.29) is 5.82 Å². The Bertz CT molecular complexity index is 608. The molecule has 0 spiro atoms. The van der Waals surface area contributed by atoms with Crippen molar-refractivity contribution < 1.29 is 18.3 Å². The normalized spacial score (nSPS) is 21.8. The van der Waals surface area contributed by atoms with Crippen molar-refractivity contribution in [3.05, 3.63) is 47.4 Å². The standard InChI is InChI=1S/C15H17FN2O3/c1-19-15(8-9-20-10-15)14-18-17-13(21-14)7-6-11-4-2-3-5-12(11)16/h2-5H,6-10H2,1H3. The Morgan fingerprint density at radius 1 is 1.29 bits per heavy atom. The van der Waals surface area contributed by atoms with Gasteiger partial charge in [0, 0.05) is 20.0 Å². The number of aromatic nitrogens is 2. The Balaban J connectivity index is 1.69. The summed E-state index contributed by atoms with van der Waals surface area (Å²) < 4.78 is 30.1. The number of nitrogens with zero attached hydrogens (tertiary/aromatic N) is 2. The molecule has 6 heteroatoms. The minimum atomic E-state index is -0.636. The molecule has 1 aromatic heterocycles. The first-order valence-corrected chi connectivity index (χ1v) is 6.93. The van der Waals surface area contributed by atoms with Gasteiger partial charge in [0.15, 0.2) is 5.60 Å². The van der Waals surface area contributed by atoms with Crippen LogP contribution >= 0.6 is 0 Å². The van der Waals surface area contributed by atoms with Crippen molar-refractivity contribution in [2.75, 3.05) is 20.3 Å². The predicted molar refractivity (Wildman–Crippen MR) is 72.2 cm³/mol. The van der Waals surface area contributed by atoms with Crippen molar-refractivity contribution in [1.29, 1.82) is 0 Å². The summed E-state index contributed by atoms with van der Waals surface area (Å²) in [5.74, 6) is 0.706. The van der Waals surface area contributed by atoms with Crippen molar-refractivity contribution >= 4 is 0 Å². The fourth-order valence-corrected chi connectivity index (χ4v) is 2.44. The Morgan fingerprint density at radius 2 is 2.14 bits per heavy atom. The summed E-state index contributed by atoms with van der Waals surface area (Å²) >= 11 is 0. The number of ether oxygens (including phenoxy) is 2. The van der Waals surface area contributed by atoms with Gasteiger partial charge in [0.05, 0.1) is 13.2 Å². The van der Waals surface area contributed by atoms with Crippen molar-refractivity contribution in [1.82, 2.24) is 10.2 Å². The summed E-state index contributed by atoms with van der Waals surface area (Å²) in [6.07, 6.45) is 1.71. The molecule has 2 heterocycles. The second kappa shape index (κ2) is 5.91. The molecule has 21 heavy (non-hydrogen) atoms. The first-order chi connectivity index (χ1) is 10.2. The Labute approximate surface area is 122 Å². The SMILES string of the molecule is COC1(c2nnc(CCc3ccccc3F)o2)CCOC1. The highest BCUT2D eigenvalue weighted by atomic mass is 19.1. The van der Waals surface area contributed by atoms with Crippen LogP contribution in [0.5, 0.6) is 0 Å². The van der Waals surface area contributed by atoms with Gasteiger partial charge >= 0.3 is 0 Å². The lowest BCUT2D eigenvalue weighted by molar-refractivity contribution is -0.0416. The summed E-state index contributed by atoms with van der Waals surface area (Å²) in [5, 5.41) is 8.08. The maximum atomic E-state index is 13.6. The van der Waals surface area contributed by atoms with Gasteiger partial charge in [0.2, 0.25) is 5.89 Å². The maximum absolute atomic E-state index is 13.6. The highest BCUT2D eigenvalue weighted by Crippen LogP contribution is 2.32. The third-order valence-corrected chi connectivity index (χ3v) is 3.80. The molecule has 0 saturated carbocycles. The van der Waals surface area contributed by atoms with Gasteiger partial charge in [0.1, 0.15) is 5.82 Å². The van der Waals surface area contributed by atoms with Crippen LogP contribution in [0.3, 0.4) is 0 Å². The molecule has 1 saturated heterocycles. The average molecular weight is 292 g/mol. The zero-order chi connectivity index (χ0) is 14.7. The van der Waals surface area contributed by atoms with Gasteiger partial charge in [-0.1, -0.05) is 18.2 Å².